The Morgan fingerprint density at radius 3 is 1.95 bits per heavy atom. The van der Waals surface area contributed by atoms with Crippen molar-refractivity contribution in [2.75, 3.05) is 0 Å². The van der Waals surface area contributed by atoms with Crippen LogP contribution >= 0.6 is 0 Å². The highest BCUT2D eigenvalue weighted by molar-refractivity contribution is 5.72. The van der Waals surface area contributed by atoms with Gasteiger partial charge in [0.2, 0.25) is 0 Å². The fourth-order valence-corrected chi connectivity index (χ4v) is 1.69. The average molecular weight is 260 g/mol. The molecule has 0 aromatic rings. The zero-order valence-electron chi connectivity index (χ0n) is 13.0. The summed E-state index contributed by atoms with van der Waals surface area (Å²) >= 11 is 0. The minimum atomic E-state index is 0.646. The summed E-state index contributed by atoms with van der Waals surface area (Å²) in [6, 6.07) is 0. The van der Waals surface area contributed by atoms with E-state index >= 15 is 0 Å². The van der Waals surface area contributed by atoms with Gasteiger partial charge in [-0.15, -0.1) is 0 Å². The molecule has 0 radical (unpaired) electrons. The Balaban J connectivity index is 3.96. The van der Waals surface area contributed by atoms with Crippen molar-refractivity contribution in [1.29, 1.82) is 0 Å². The first kappa shape index (κ1) is 17.6. The van der Waals surface area contributed by atoms with Crippen molar-refractivity contribution in [3.05, 3.63) is 47.1 Å². The summed E-state index contributed by atoms with van der Waals surface area (Å²) in [5.74, 6) is 0. The largest absolute Gasteiger partial charge is 0.298 e. The zero-order valence-corrected chi connectivity index (χ0v) is 13.0. The summed E-state index contributed by atoms with van der Waals surface area (Å²) in [7, 11) is 0. The Kier molecular flexibility index (Phi) is 9.78. The maximum absolute atomic E-state index is 10.4. The van der Waals surface area contributed by atoms with Gasteiger partial charge in [-0.1, -0.05) is 41.5 Å². The van der Waals surface area contributed by atoms with Gasteiger partial charge in [-0.05, 0) is 65.4 Å². The average Bonchev–Trinajstić information content (AvgIpc) is 2.35. The Bertz CT molecular complexity index is 376. The van der Waals surface area contributed by atoms with E-state index in [2.05, 4.69) is 52.5 Å². The van der Waals surface area contributed by atoms with Crippen LogP contribution < -0.4 is 0 Å². The van der Waals surface area contributed by atoms with Crippen LogP contribution in [-0.2, 0) is 4.79 Å². The minimum absolute atomic E-state index is 0.646. The first-order valence-corrected chi connectivity index (χ1v) is 7.03. The lowest BCUT2D eigenvalue weighted by atomic mass is 10.1. The molecule has 0 aromatic heterocycles. The Hall–Kier alpha value is -1.37. The molecule has 0 rings (SSSR count). The lowest BCUT2D eigenvalue weighted by Crippen LogP contribution is -1.83. The molecule has 0 saturated carbocycles. The van der Waals surface area contributed by atoms with Gasteiger partial charge in [-0.3, -0.25) is 4.79 Å². The molecule has 0 bridgehead atoms. The molecule has 0 aliphatic carbocycles. The standard InChI is InChI=1S/C18H28O/c1-15(2)8-6-9-16(3)10-7-11-17(4)12-13-18(5)14-19/h8,10,12,14H,5-7,9,11,13H2,1-4H3/b16-10+,17-12+. The molecule has 0 aliphatic rings. The van der Waals surface area contributed by atoms with Crippen molar-refractivity contribution in [3.8, 4) is 0 Å². The maximum atomic E-state index is 10.4. The van der Waals surface area contributed by atoms with Crippen molar-refractivity contribution >= 4 is 6.29 Å². The van der Waals surface area contributed by atoms with E-state index in [0.717, 1.165) is 32.0 Å². The predicted molar refractivity (Wildman–Crippen MR) is 85.2 cm³/mol. The van der Waals surface area contributed by atoms with Gasteiger partial charge in [0, 0.05) is 0 Å². The summed E-state index contributed by atoms with van der Waals surface area (Å²) in [5, 5.41) is 0. The van der Waals surface area contributed by atoms with E-state index in [1.54, 1.807) is 0 Å². The molecule has 1 nitrogen and oxygen atoms in total. The third-order valence-corrected chi connectivity index (χ3v) is 3.00. The quantitative estimate of drug-likeness (QED) is 0.302. The van der Waals surface area contributed by atoms with Crippen molar-refractivity contribution in [2.24, 2.45) is 0 Å². The number of rotatable bonds is 9. The number of allylic oxidation sites excluding steroid dienone is 7. The van der Waals surface area contributed by atoms with Crippen LogP contribution in [0.5, 0.6) is 0 Å². The van der Waals surface area contributed by atoms with Crippen LogP contribution in [0.1, 0.15) is 59.8 Å². The van der Waals surface area contributed by atoms with Crippen LogP contribution in [0.15, 0.2) is 47.1 Å². The van der Waals surface area contributed by atoms with Crippen LogP contribution in [0, 0.1) is 0 Å². The normalized spacial score (nSPS) is 12.2. The molecule has 0 saturated heterocycles. The van der Waals surface area contributed by atoms with Crippen LogP contribution in [0.3, 0.4) is 0 Å². The van der Waals surface area contributed by atoms with E-state index in [-0.39, 0.29) is 0 Å². The highest BCUT2D eigenvalue weighted by atomic mass is 16.1. The lowest BCUT2D eigenvalue weighted by Gasteiger charge is -2.01. The van der Waals surface area contributed by atoms with Crippen LogP contribution in [0.25, 0.3) is 0 Å². The molecule has 0 spiro atoms. The Labute approximate surface area is 118 Å². The number of hydrogen-bond donors (Lipinski definition) is 0. The highest BCUT2D eigenvalue weighted by Gasteiger charge is 1.93. The fraction of sp³-hybridized carbons (Fsp3) is 0.500. The fourth-order valence-electron chi connectivity index (χ4n) is 1.69. The summed E-state index contributed by atoms with van der Waals surface area (Å²) in [5.41, 5.74) is 4.83. The van der Waals surface area contributed by atoms with E-state index in [0.29, 0.717) is 12.0 Å². The monoisotopic (exact) mass is 260 g/mol. The molecule has 0 heterocycles. The molecule has 0 unspecified atom stereocenters. The summed E-state index contributed by atoms with van der Waals surface area (Å²) < 4.78 is 0. The van der Waals surface area contributed by atoms with Gasteiger partial charge >= 0.3 is 0 Å². The van der Waals surface area contributed by atoms with Gasteiger partial charge in [-0.2, -0.15) is 0 Å². The van der Waals surface area contributed by atoms with Crippen molar-refractivity contribution in [3.63, 3.8) is 0 Å². The van der Waals surface area contributed by atoms with Gasteiger partial charge in [0.15, 0.2) is 0 Å². The second-order valence-corrected chi connectivity index (χ2v) is 5.44. The number of carbonyl (C=O) groups excluding carboxylic acids is 1. The lowest BCUT2D eigenvalue weighted by molar-refractivity contribution is -0.104. The predicted octanol–water partition coefficient (Wildman–Crippen LogP) is 5.55. The molecule has 0 amide bonds. The van der Waals surface area contributed by atoms with Gasteiger partial charge < -0.3 is 0 Å². The summed E-state index contributed by atoms with van der Waals surface area (Å²) in [6.45, 7) is 12.3. The molecule has 0 aromatic carbocycles. The maximum Gasteiger partial charge on any atom is 0.145 e. The van der Waals surface area contributed by atoms with E-state index in [9.17, 15) is 4.79 Å². The van der Waals surface area contributed by atoms with Crippen molar-refractivity contribution in [1.82, 2.24) is 0 Å². The second-order valence-electron chi connectivity index (χ2n) is 5.44. The van der Waals surface area contributed by atoms with E-state index in [1.807, 2.05) is 0 Å². The third-order valence-electron chi connectivity index (χ3n) is 3.00. The Morgan fingerprint density at radius 1 is 0.895 bits per heavy atom. The minimum Gasteiger partial charge on any atom is -0.298 e. The van der Waals surface area contributed by atoms with Gasteiger partial charge in [0.25, 0.3) is 0 Å². The molecule has 106 valence electrons. The van der Waals surface area contributed by atoms with Gasteiger partial charge in [-0.25, -0.2) is 0 Å². The van der Waals surface area contributed by atoms with Gasteiger partial charge in [0.05, 0.1) is 0 Å². The SMILES string of the molecule is C=C(C=O)C/C=C(\C)CC/C=C(\C)CCC=C(C)C. The van der Waals surface area contributed by atoms with E-state index in [1.165, 1.54) is 16.7 Å². The zero-order chi connectivity index (χ0) is 14.7. The Morgan fingerprint density at radius 2 is 1.42 bits per heavy atom. The van der Waals surface area contributed by atoms with Crippen molar-refractivity contribution in [2.45, 2.75) is 59.8 Å². The third kappa shape index (κ3) is 11.5. The molecule has 1 heteroatoms. The van der Waals surface area contributed by atoms with Crippen LogP contribution in [0.4, 0.5) is 0 Å². The molecule has 0 atom stereocenters. The first-order valence-electron chi connectivity index (χ1n) is 7.03. The second kappa shape index (κ2) is 10.5. The van der Waals surface area contributed by atoms with Gasteiger partial charge in [0.1, 0.15) is 6.29 Å². The smallest absolute Gasteiger partial charge is 0.145 e. The van der Waals surface area contributed by atoms with E-state index in [4.69, 9.17) is 0 Å². The summed E-state index contributed by atoms with van der Waals surface area (Å²) in [6.07, 6.45) is 12.6. The van der Waals surface area contributed by atoms with Crippen LogP contribution in [-0.4, -0.2) is 6.29 Å². The molecule has 19 heavy (non-hydrogen) atoms. The highest BCUT2D eigenvalue weighted by Crippen LogP contribution is 2.12. The topological polar surface area (TPSA) is 17.1 Å². The van der Waals surface area contributed by atoms with Crippen LogP contribution in [0.2, 0.25) is 0 Å². The molecular formula is C18H28O. The number of aldehydes is 1. The summed E-state index contributed by atoms with van der Waals surface area (Å²) in [4.78, 5) is 10.4. The molecule has 0 fully saturated rings. The molecule has 0 aliphatic heterocycles. The first-order chi connectivity index (χ1) is 8.95. The molecular weight excluding hydrogens is 232 g/mol. The molecule has 0 N–H and O–H groups in total. The van der Waals surface area contributed by atoms with Crippen molar-refractivity contribution < 1.29 is 4.79 Å². The van der Waals surface area contributed by atoms with E-state index < -0.39 is 0 Å². The number of hydrogen-bond acceptors (Lipinski definition) is 1. The number of carbonyl (C=O) groups is 1.